The molecule has 0 aromatic rings. The van der Waals surface area contributed by atoms with Gasteiger partial charge in [-0.2, -0.15) is 0 Å². The number of rotatable bonds is 3. The van der Waals surface area contributed by atoms with Crippen molar-refractivity contribution in [2.24, 2.45) is 0 Å². The normalized spacial score (nSPS) is 11.2. The molecule has 0 spiro atoms. The summed E-state index contributed by atoms with van der Waals surface area (Å²) in [5.41, 5.74) is 0. The highest BCUT2D eigenvalue weighted by Gasteiger charge is 2.11. The highest BCUT2D eigenvalue weighted by atomic mass is 16.5. The average molecular weight is 119 g/mol. The summed E-state index contributed by atoms with van der Waals surface area (Å²) in [5.74, 6) is 0. The average Bonchev–Trinajstić information content (AvgIpc) is 1.67. The van der Waals surface area contributed by atoms with E-state index in [1.807, 2.05) is 6.92 Å². The number of hydrogen-bond acceptors (Lipinski definition) is 3. The van der Waals surface area contributed by atoms with Crippen molar-refractivity contribution in [2.75, 3.05) is 0 Å². The van der Waals surface area contributed by atoms with Crippen LogP contribution in [0.3, 0.4) is 0 Å². The van der Waals surface area contributed by atoms with E-state index in [1.165, 1.54) is 0 Å². The Kier molecular flexibility index (Phi) is 3.77. The van der Waals surface area contributed by atoms with E-state index in [4.69, 9.17) is 15.3 Å². The van der Waals surface area contributed by atoms with Crippen molar-refractivity contribution in [3.63, 3.8) is 0 Å². The number of aliphatic hydroxyl groups excluding tert-OH is 2. The minimum atomic E-state index is -1.66. The standard InChI is InChI=1S/C5H11O3/c1-2-3-4(6)5(7)8/h5-8H,2-3H2,1H3. The molecule has 8 heavy (non-hydrogen) atoms. The van der Waals surface area contributed by atoms with Crippen LogP contribution in [0.1, 0.15) is 19.8 Å². The van der Waals surface area contributed by atoms with E-state index in [9.17, 15) is 0 Å². The second-order valence-corrected chi connectivity index (χ2v) is 1.62. The van der Waals surface area contributed by atoms with Crippen LogP contribution in [0, 0.1) is 6.10 Å². The minimum absolute atomic E-state index is 0.257. The zero-order valence-electron chi connectivity index (χ0n) is 4.83. The topological polar surface area (TPSA) is 60.7 Å². The molecule has 0 aromatic heterocycles. The highest BCUT2D eigenvalue weighted by Crippen LogP contribution is 2.06. The summed E-state index contributed by atoms with van der Waals surface area (Å²) in [5, 5.41) is 25.0. The third-order valence-corrected chi connectivity index (χ3v) is 0.804. The van der Waals surface area contributed by atoms with E-state index >= 15 is 0 Å². The van der Waals surface area contributed by atoms with Gasteiger partial charge in [0, 0.05) is 0 Å². The van der Waals surface area contributed by atoms with Gasteiger partial charge in [-0.05, 0) is 6.42 Å². The molecule has 0 amide bonds. The molecule has 0 saturated carbocycles. The van der Waals surface area contributed by atoms with Crippen LogP contribution in [0.5, 0.6) is 0 Å². The van der Waals surface area contributed by atoms with Crippen LogP contribution in [0.15, 0.2) is 0 Å². The van der Waals surface area contributed by atoms with E-state index in [1.54, 1.807) is 0 Å². The summed E-state index contributed by atoms with van der Waals surface area (Å²) in [7, 11) is 0. The lowest BCUT2D eigenvalue weighted by atomic mass is 10.2. The minimum Gasteiger partial charge on any atom is -0.381 e. The predicted octanol–water partition coefficient (Wildman–Crippen LogP) is 0.00169. The highest BCUT2D eigenvalue weighted by molar-refractivity contribution is 4.75. The molecular formula is C5H11O3. The summed E-state index contributed by atoms with van der Waals surface area (Å²) in [6.45, 7) is 1.85. The Morgan fingerprint density at radius 3 is 2.12 bits per heavy atom. The van der Waals surface area contributed by atoms with Gasteiger partial charge in [0.05, 0.1) is 0 Å². The van der Waals surface area contributed by atoms with Crippen molar-refractivity contribution < 1.29 is 15.3 Å². The first-order chi connectivity index (χ1) is 3.68. The second kappa shape index (κ2) is 3.83. The van der Waals surface area contributed by atoms with Crippen LogP contribution in [0.25, 0.3) is 0 Å². The Labute approximate surface area is 48.6 Å². The summed E-state index contributed by atoms with van der Waals surface area (Å²) >= 11 is 0. The van der Waals surface area contributed by atoms with Gasteiger partial charge in [-0.25, -0.2) is 0 Å². The first-order valence-electron chi connectivity index (χ1n) is 2.59. The summed E-state index contributed by atoms with van der Waals surface area (Å²) in [6, 6.07) is 0. The maximum absolute atomic E-state index is 8.54. The molecule has 0 saturated heterocycles. The molecule has 0 rings (SSSR count). The van der Waals surface area contributed by atoms with Crippen molar-refractivity contribution in [3.8, 4) is 0 Å². The zero-order valence-corrected chi connectivity index (χ0v) is 4.83. The van der Waals surface area contributed by atoms with Crippen molar-refractivity contribution in [1.82, 2.24) is 0 Å². The molecule has 0 aliphatic carbocycles. The molecule has 0 heterocycles. The van der Waals surface area contributed by atoms with E-state index in [2.05, 4.69) is 0 Å². The lowest BCUT2D eigenvalue weighted by molar-refractivity contribution is -0.0733. The Balaban J connectivity index is 3.17. The predicted molar refractivity (Wildman–Crippen MR) is 28.3 cm³/mol. The molecule has 0 aliphatic heterocycles. The molecule has 49 valence electrons. The number of hydrogen-bond donors (Lipinski definition) is 3. The Bertz CT molecular complexity index is 53.6. The Morgan fingerprint density at radius 2 is 2.00 bits per heavy atom. The van der Waals surface area contributed by atoms with E-state index < -0.39 is 6.29 Å². The molecule has 3 heteroatoms. The van der Waals surface area contributed by atoms with Crippen LogP contribution in [-0.4, -0.2) is 21.6 Å². The lowest BCUT2D eigenvalue weighted by Crippen LogP contribution is -2.16. The SMILES string of the molecule is CCC[C](O)C(O)O. The Hall–Kier alpha value is -0.120. The van der Waals surface area contributed by atoms with E-state index in [-0.39, 0.29) is 6.10 Å². The van der Waals surface area contributed by atoms with Crippen molar-refractivity contribution in [1.29, 1.82) is 0 Å². The molecule has 1 radical (unpaired) electrons. The fourth-order valence-corrected chi connectivity index (χ4v) is 0.385. The quantitative estimate of drug-likeness (QED) is 0.458. The first-order valence-corrected chi connectivity index (χ1v) is 2.59. The maximum atomic E-state index is 8.54. The van der Waals surface area contributed by atoms with Gasteiger partial charge in [0.25, 0.3) is 0 Å². The van der Waals surface area contributed by atoms with Crippen LogP contribution >= 0.6 is 0 Å². The zero-order chi connectivity index (χ0) is 6.57. The first kappa shape index (κ1) is 7.88. The van der Waals surface area contributed by atoms with Crippen LogP contribution in [-0.2, 0) is 0 Å². The fourth-order valence-electron chi connectivity index (χ4n) is 0.385. The van der Waals surface area contributed by atoms with Gasteiger partial charge in [-0.3, -0.25) is 0 Å². The van der Waals surface area contributed by atoms with Crippen LogP contribution < -0.4 is 0 Å². The van der Waals surface area contributed by atoms with Gasteiger partial charge >= 0.3 is 0 Å². The van der Waals surface area contributed by atoms with Gasteiger partial charge in [0.2, 0.25) is 0 Å². The van der Waals surface area contributed by atoms with Gasteiger partial charge in [0.1, 0.15) is 6.10 Å². The van der Waals surface area contributed by atoms with Crippen molar-refractivity contribution in [2.45, 2.75) is 26.1 Å². The summed E-state index contributed by atoms with van der Waals surface area (Å²) in [6.07, 6.45) is -0.830. The largest absolute Gasteiger partial charge is 0.381 e. The Morgan fingerprint density at radius 1 is 1.50 bits per heavy atom. The molecule has 0 fully saturated rings. The fraction of sp³-hybridized carbons (Fsp3) is 0.800. The summed E-state index contributed by atoms with van der Waals surface area (Å²) in [4.78, 5) is 0. The second-order valence-electron chi connectivity index (χ2n) is 1.62. The molecule has 3 N–H and O–H groups in total. The van der Waals surface area contributed by atoms with E-state index in [0.29, 0.717) is 6.42 Å². The van der Waals surface area contributed by atoms with Gasteiger partial charge in [-0.15, -0.1) is 0 Å². The van der Waals surface area contributed by atoms with Gasteiger partial charge < -0.3 is 15.3 Å². The maximum Gasteiger partial charge on any atom is 0.184 e. The van der Waals surface area contributed by atoms with Crippen LogP contribution in [0.4, 0.5) is 0 Å². The molecule has 0 bridgehead atoms. The molecule has 3 nitrogen and oxygen atoms in total. The smallest absolute Gasteiger partial charge is 0.184 e. The van der Waals surface area contributed by atoms with Crippen molar-refractivity contribution in [3.05, 3.63) is 6.10 Å². The molecule has 0 unspecified atom stereocenters. The molecule has 0 atom stereocenters. The van der Waals surface area contributed by atoms with E-state index in [0.717, 1.165) is 6.42 Å². The van der Waals surface area contributed by atoms with Crippen molar-refractivity contribution >= 4 is 0 Å². The lowest BCUT2D eigenvalue weighted by Gasteiger charge is -2.07. The molecular weight excluding hydrogens is 108 g/mol. The third kappa shape index (κ3) is 2.96. The van der Waals surface area contributed by atoms with Crippen LogP contribution in [0.2, 0.25) is 0 Å². The van der Waals surface area contributed by atoms with Gasteiger partial charge in [0.15, 0.2) is 6.29 Å². The molecule has 0 aromatic carbocycles. The number of aliphatic hydroxyl groups is 3. The monoisotopic (exact) mass is 119 g/mol. The third-order valence-electron chi connectivity index (χ3n) is 0.804. The summed E-state index contributed by atoms with van der Waals surface area (Å²) < 4.78 is 0. The van der Waals surface area contributed by atoms with Gasteiger partial charge in [-0.1, -0.05) is 13.3 Å². The molecule has 0 aliphatic rings.